The Kier molecular flexibility index (Phi) is 4.60. The molecule has 4 rings (SSSR count). The number of thiophene rings is 1. The van der Waals surface area contributed by atoms with Gasteiger partial charge in [0.15, 0.2) is 0 Å². The second-order valence-electron chi connectivity index (χ2n) is 6.53. The van der Waals surface area contributed by atoms with Crippen molar-refractivity contribution < 1.29 is 9.53 Å². The normalized spacial score (nSPS) is 12.2. The Hall–Kier alpha value is -3.19. The van der Waals surface area contributed by atoms with Gasteiger partial charge in [-0.05, 0) is 44.2 Å². The van der Waals surface area contributed by atoms with E-state index in [2.05, 4.69) is 10.4 Å². The molecule has 0 fully saturated rings. The average Bonchev–Trinajstić information content (AvgIpc) is 3.11. The van der Waals surface area contributed by atoms with Crippen molar-refractivity contribution in [2.45, 2.75) is 19.9 Å². The van der Waals surface area contributed by atoms with Gasteiger partial charge in [0.05, 0.1) is 22.9 Å². The van der Waals surface area contributed by atoms with Crippen molar-refractivity contribution in [2.24, 2.45) is 0 Å². The number of hydrogen-bond acceptors (Lipinski definition) is 5. The lowest BCUT2D eigenvalue weighted by Crippen LogP contribution is -2.33. The number of fused-ring (bicyclic) bond motifs is 3. The number of amides is 1. The molecule has 0 saturated heterocycles. The monoisotopic (exact) mass is 393 g/mol. The van der Waals surface area contributed by atoms with E-state index in [1.165, 1.54) is 4.68 Å². The molecule has 6 nitrogen and oxygen atoms in total. The van der Waals surface area contributed by atoms with Crippen LogP contribution < -0.4 is 15.6 Å². The molecule has 0 aliphatic heterocycles. The summed E-state index contributed by atoms with van der Waals surface area (Å²) in [6, 6.07) is 14.1. The average molecular weight is 393 g/mol. The number of nitrogens with one attached hydrogen (secondary N) is 1. The molecule has 2 aromatic carbocycles. The van der Waals surface area contributed by atoms with Crippen LogP contribution in [0.25, 0.3) is 20.2 Å². The van der Waals surface area contributed by atoms with Gasteiger partial charge in [-0.1, -0.05) is 18.2 Å². The van der Waals surface area contributed by atoms with Crippen molar-refractivity contribution in [3.05, 3.63) is 64.6 Å². The van der Waals surface area contributed by atoms with Crippen LogP contribution in [0.3, 0.4) is 0 Å². The van der Waals surface area contributed by atoms with Gasteiger partial charge in [0.2, 0.25) is 5.91 Å². The second-order valence-corrected chi connectivity index (χ2v) is 7.58. The highest BCUT2D eigenvalue weighted by Gasteiger charge is 2.22. The number of aryl methyl sites for hydroxylation is 1. The van der Waals surface area contributed by atoms with Crippen LogP contribution >= 0.6 is 11.3 Å². The first-order valence-electron chi connectivity index (χ1n) is 8.85. The van der Waals surface area contributed by atoms with Crippen molar-refractivity contribution in [1.29, 1.82) is 0 Å². The third-order valence-electron chi connectivity index (χ3n) is 4.71. The molecular formula is C21H19N3O3S. The summed E-state index contributed by atoms with van der Waals surface area (Å²) >= 11 is 1.55. The Labute approximate surface area is 165 Å². The van der Waals surface area contributed by atoms with Crippen molar-refractivity contribution in [3.63, 3.8) is 0 Å². The van der Waals surface area contributed by atoms with Crippen molar-refractivity contribution in [3.8, 4) is 5.75 Å². The molecule has 1 atom stereocenters. The second kappa shape index (κ2) is 7.09. The third-order valence-corrected chi connectivity index (χ3v) is 5.99. The van der Waals surface area contributed by atoms with Gasteiger partial charge in [-0.15, -0.1) is 11.3 Å². The predicted molar refractivity (Wildman–Crippen MR) is 112 cm³/mol. The summed E-state index contributed by atoms with van der Waals surface area (Å²) in [5.41, 5.74) is 1.11. The van der Waals surface area contributed by atoms with Crippen molar-refractivity contribution in [1.82, 2.24) is 9.78 Å². The lowest BCUT2D eigenvalue weighted by molar-refractivity contribution is -0.119. The Balaban J connectivity index is 1.73. The third kappa shape index (κ3) is 3.03. The van der Waals surface area contributed by atoms with Gasteiger partial charge in [-0.2, -0.15) is 5.10 Å². The molecule has 0 aliphatic rings. The SMILES string of the molecule is COc1ccc(NC(=O)[C@H](C)n2nc(C)c3sc4ccccc4c3c2=O)cc1. The molecule has 7 heteroatoms. The highest BCUT2D eigenvalue weighted by molar-refractivity contribution is 7.26. The van der Waals surface area contributed by atoms with Crippen LogP contribution in [0.1, 0.15) is 18.7 Å². The molecule has 1 N–H and O–H groups in total. The van der Waals surface area contributed by atoms with E-state index >= 15 is 0 Å². The molecule has 2 aromatic heterocycles. The maximum Gasteiger partial charge on any atom is 0.276 e. The first-order valence-corrected chi connectivity index (χ1v) is 9.67. The van der Waals surface area contributed by atoms with E-state index < -0.39 is 6.04 Å². The number of rotatable bonds is 4. The molecule has 0 spiro atoms. The molecule has 0 bridgehead atoms. The Morgan fingerprint density at radius 1 is 1.18 bits per heavy atom. The molecule has 0 radical (unpaired) electrons. The quantitative estimate of drug-likeness (QED) is 0.566. The summed E-state index contributed by atoms with van der Waals surface area (Å²) in [5, 5.41) is 8.77. The number of ether oxygens (including phenoxy) is 1. The number of carbonyl (C=O) groups excluding carboxylic acids is 1. The highest BCUT2D eigenvalue weighted by atomic mass is 32.1. The summed E-state index contributed by atoms with van der Waals surface area (Å²) in [6.07, 6.45) is 0. The van der Waals surface area contributed by atoms with Gasteiger partial charge >= 0.3 is 0 Å². The molecule has 142 valence electrons. The Morgan fingerprint density at radius 3 is 2.61 bits per heavy atom. The predicted octanol–water partition coefficient (Wildman–Crippen LogP) is 4.13. The molecule has 28 heavy (non-hydrogen) atoms. The van der Waals surface area contributed by atoms with E-state index in [0.717, 1.165) is 20.5 Å². The standard InChI is InChI=1S/C21H19N3O3S/c1-12-19-18(16-6-4-5-7-17(16)28-19)21(26)24(23-12)13(2)20(25)22-14-8-10-15(27-3)11-9-14/h4-11,13H,1-3H3,(H,22,25)/t13-/m0/s1. The van der Waals surface area contributed by atoms with Crippen molar-refractivity contribution >= 4 is 43.1 Å². The maximum absolute atomic E-state index is 13.1. The van der Waals surface area contributed by atoms with Gasteiger partial charge in [0.1, 0.15) is 11.8 Å². The molecule has 0 aliphatic carbocycles. The van der Waals surface area contributed by atoms with Gasteiger partial charge < -0.3 is 10.1 Å². The maximum atomic E-state index is 13.1. The first-order chi connectivity index (χ1) is 13.5. The zero-order chi connectivity index (χ0) is 19.8. The summed E-state index contributed by atoms with van der Waals surface area (Å²) in [5.74, 6) is 0.396. The van der Waals surface area contributed by atoms with Gasteiger partial charge in [-0.3, -0.25) is 9.59 Å². The lowest BCUT2D eigenvalue weighted by atomic mass is 10.2. The molecule has 0 unspecified atom stereocenters. The zero-order valence-corrected chi connectivity index (χ0v) is 16.5. The van der Waals surface area contributed by atoms with Crippen LogP contribution in [0, 0.1) is 6.92 Å². The van der Waals surface area contributed by atoms with E-state index in [9.17, 15) is 9.59 Å². The fraction of sp³-hybridized carbons (Fsp3) is 0.190. The minimum atomic E-state index is -0.753. The van der Waals surface area contributed by atoms with Crippen LogP contribution in [-0.2, 0) is 4.79 Å². The van der Waals surface area contributed by atoms with Crippen LogP contribution in [0.5, 0.6) is 5.75 Å². The van der Waals surface area contributed by atoms with Gasteiger partial charge in [0.25, 0.3) is 5.56 Å². The summed E-state index contributed by atoms with van der Waals surface area (Å²) in [4.78, 5) is 25.9. The Morgan fingerprint density at radius 2 is 1.89 bits per heavy atom. The number of carbonyl (C=O) groups is 1. The van der Waals surface area contributed by atoms with Crippen LogP contribution in [0.2, 0.25) is 0 Å². The topological polar surface area (TPSA) is 73.2 Å². The number of aromatic nitrogens is 2. The zero-order valence-electron chi connectivity index (χ0n) is 15.7. The van der Waals surface area contributed by atoms with Gasteiger partial charge in [-0.25, -0.2) is 4.68 Å². The number of methoxy groups -OCH3 is 1. The van der Waals surface area contributed by atoms with E-state index in [4.69, 9.17) is 4.74 Å². The summed E-state index contributed by atoms with van der Waals surface area (Å²) < 4.78 is 8.30. The minimum Gasteiger partial charge on any atom is -0.497 e. The lowest BCUT2D eigenvalue weighted by Gasteiger charge is -2.15. The van der Waals surface area contributed by atoms with E-state index in [-0.39, 0.29) is 11.5 Å². The molecule has 4 aromatic rings. The first kappa shape index (κ1) is 18.2. The number of hydrogen-bond donors (Lipinski definition) is 1. The van der Waals surface area contributed by atoms with Gasteiger partial charge in [0, 0.05) is 15.8 Å². The summed E-state index contributed by atoms with van der Waals surface area (Å²) in [7, 11) is 1.58. The molecule has 1 amide bonds. The van der Waals surface area contributed by atoms with E-state index in [0.29, 0.717) is 16.8 Å². The Bertz CT molecular complexity index is 1240. The molecular weight excluding hydrogens is 374 g/mol. The number of benzene rings is 2. The molecule has 2 heterocycles. The fourth-order valence-corrected chi connectivity index (χ4v) is 4.31. The highest BCUT2D eigenvalue weighted by Crippen LogP contribution is 2.33. The summed E-state index contributed by atoms with van der Waals surface area (Å²) in [6.45, 7) is 3.54. The minimum absolute atomic E-state index is 0.254. The largest absolute Gasteiger partial charge is 0.497 e. The van der Waals surface area contributed by atoms with Crippen molar-refractivity contribution in [2.75, 3.05) is 12.4 Å². The molecule has 0 saturated carbocycles. The fourth-order valence-electron chi connectivity index (χ4n) is 3.17. The smallest absolute Gasteiger partial charge is 0.276 e. The number of nitrogens with zero attached hydrogens (tertiary/aromatic N) is 2. The van der Waals surface area contributed by atoms with Crippen LogP contribution in [-0.4, -0.2) is 22.8 Å². The van der Waals surface area contributed by atoms with E-state index in [1.807, 2.05) is 31.2 Å². The van der Waals surface area contributed by atoms with Crippen LogP contribution in [0.15, 0.2) is 53.3 Å². The van der Waals surface area contributed by atoms with Crippen LogP contribution in [0.4, 0.5) is 5.69 Å². The number of anilines is 1. The van der Waals surface area contributed by atoms with E-state index in [1.54, 1.807) is 49.6 Å².